The van der Waals surface area contributed by atoms with Crippen LogP contribution >= 0.6 is 0 Å². The van der Waals surface area contributed by atoms with Gasteiger partial charge in [-0.15, -0.1) is 0 Å². The van der Waals surface area contributed by atoms with Crippen molar-refractivity contribution in [1.29, 1.82) is 0 Å². The van der Waals surface area contributed by atoms with Gasteiger partial charge in [0.2, 0.25) is 0 Å². The van der Waals surface area contributed by atoms with E-state index in [1.807, 2.05) is 6.92 Å². The van der Waals surface area contributed by atoms with Crippen LogP contribution in [-0.2, 0) is 6.54 Å². The molecule has 0 bridgehead atoms. The van der Waals surface area contributed by atoms with E-state index in [-0.39, 0.29) is 11.1 Å². The third kappa shape index (κ3) is 2.24. The number of rotatable bonds is 3. The molecule has 1 N–H and O–H groups in total. The van der Waals surface area contributed by atoms with Crippen molar-refractivity contribution in [2.24, 2.45) is 0 Å². The molecule has 0 spiro atoms. The monoisotopic (exact) mass is 295 g/mol. The van der Waals surface area contributed by atoms with Crippen molar-refractivity contribution < 1.29 is 9.90 Å². The first kappa shape index (κ1) is 13.9. The quantitative estimate of drug-likeness (QED) is 0.800. The summed E-state index contributed by atoms with van der Waals surface area (Å²) in [5.41, 5.74) is 1.98. The number of aryl methyl sites for hydroxylation is 1. The first-order valence-corrected chi connectivity index (χ1v) is 6.81. The highest BCUT2D eigenvalue weighted by molar-refractivity contribution is 5.88. The minimum atomic E-state index is -1.01. The van der Waals surface area contributed by atoms with Crippen molar-refractivity contribution in [1.82, 2.24) is 14.5 Å². The van der Waals surface area contributed by atoms with E-state index in [1.54, 1.807) is 35.0 Å². The molecule has 0 fully saturated rings. The highest BCUT2D eigenvalue weighted by Gasteiger charge is 2.13. The molecule has 0 radical (unpaired) electrons. The predicted octanol–water partition coefficient (Wildman–Crippen LogP) is 2.18. The fourth-order valence-corrected chi connectivity index (χ4v) is 2.33. The first-order chi connectivity index (χ1) is 10.6. The van der Waals surface area contributed by atoms with E-state index in [2.05, 4.69) is 9.97 Å². The van der Waals surface area contributed by atoms with E-state index in [9.17, 15) is 9.59 Å². The van der Waals surface area contributed by atoms with Crippen molar-refractivity contribution in [3.8, 4) is 11.3 Å². The Bertz CT molecular complexity index is 914. The van der Waals surface area contributed by atoms with Crippen LogP contribution in [0.4, 0.5) is 0 Å². The molecule has 110 valence electrons. The van der Waals surface area contributed by atoms with Gasteiger partial charge in [-0.3, -0.25) is 9.36 Å². The average molecular weight is 295 g/mol. The number of nitrogens with zero attached hydrogens (tertiary/aromatic N) is 3. The Kier molecular flexibility index (Phi) is 3.42. The number of carboxylic acids is 1. The van der Waals surface area contributed by atoms with Gasteiger partial charge < -0.3 is 5.11 Å². The zero-order chi connectivity index (χ0) is 15.7. The molecule has 0 unspecified atom stereocenters. The second-order valence-electron chi connectivity index (χ2n) is 4.74. The maximum absolute atomic E-state index is 12.6. The Hall–Kier alpha value is -3.02. The van der Waals surface area contributed by atoms with Crippen LogP contribution in [0.5, 0.6) is 0 Å². The molecule has 3 rings (SSSR count). The number of benzene rings is 1. The Labute approximate surface area is 125 Å². The molecule has 6 nitrogen and oxygen atoms in total. The molecule has 2 heterocycles. The Balaban J connectivity index is 2.24. The fourth-order valence-electron chi connectivity index (χ4n) is 2.33. The second-order valence-corrected chi connectivity index (χ2v) is 4.74. The lowest BCUT2D eigenvalue weighted by atomic mass is 10.1. The number of carbonyl (C=O) groups is 1. The van der Waals surface area contributed by atoms with Gasteiger partial charge in [-0.1, -0.05) is 12.1 Å². The molecule has 22 heavy (non-hydrogen) atoms. The van der Waals surface area contributed by atoms with Gasteiger partial charge in [-0.05, 0) is 31.2 Å². The smallest absolute Gasteiger partial charge is 0.335 e. The van der Waals surface area contributed by atoms with Crippen molar-refractivity contribution >= 4 is 17.1 Å². The molecule has 0 aliphatic heterocycles. The fraction of sp³-hybridized carbons (Fsp3) is 0.125. The van der Waals surface area contributed by atoms with Crippen LogP contribution in [0, 0.1) is 0 Å². The average Bonchev–Trinajstić information content (AvgIpc) is 2.54. The van der Waals surface area contributed by atoms with Crippen LogP contribution < -0.4 is 5.56 Å². The molecular formula is C16H13N3O3. The number of carboxylic acid groups (broad SMARTS) is 1. The molecule has 0 aliphatic rings. The minimum Gasteiger partial charge on any atom is -0.478 e. The van der Waals surface area contributed by atoms with E-state index < -0.39 is 5.97 Å². The summed E-state index contributed by atoms with van der Waals surface area (Å²) >= 11 is 0. The largest absolute Gasteiger partial charge is 0.478 e. The molecule has 0 saturated heterocycles. The van der Waals surface area contributed by atoms with Crippen LogP contribution in [0.1, 0.15) is 17.3 Å². The molecule has 0 aliphatic carbocycles. The zero-order valence-electron chi connectivity index (χ0n) is 11.9. The third-order valence-corrected chi connectivity index (χ3v) is 3.42. The molecular weight excluding hydrogens is 282 g/mol. The highest BCUT2D eigenvalue weighted by atomic mass is 16.4. The van der Waals surface area contributed by atoms with Crippen LogP contribution in [0.15, 0.2) is 47.4 Å². The summed E-state index contributed by atoms with van der Waals surface area (Å²) in [4.78, 5) is 32.1. The lowest BCUT2D eigenvalue weighted by molar-refractivity contribution is 0.0697. The molecule has 0 atom stereocenters. The molecule has 1 aromatic carbocycles. The molecule has 0 saturated carbocycles. The standard InChI is InChI=1S/C16H13N3O3/c1-2-19-14-12(4-3-9-17-14)18-13(15(19)20)10-5-7-11(8-6-10)16(21)22/h3-9H,2H2,1H3,(H,21,22). The van der Waals surface area contributed by atoms with Crippen LogP contribution in [0.25, 0.3) is 22.4 Å². The summed E-state index contributed by atoms with van der Waals surface area (Å²) in [6, 6.07) is 9.66. The van der Waals surface area contributed by atoms with Gasteiger partial charge >= 0.3 is 5.97 Å². The van der Waals surface area contributed by atoms with Gasteiger partial charge in [0, 0.05) is 18.3 Å². The van der Waals surface area contributed by atoms with Crippen LogP contribution in [0.2, 0.25) is 0 Å². The van der Waals surface area contributed by atoms with Crippen molar-refractivity contribution in [2.45, 2.75) is 13.5 Å². The predicted molar refractivity (Wildman–Crippen MR) is 81.9 cm³/mol. The van der Waals surface area contributed by atoms with Crippen molar-refractivity contribution in [3.05, 3.63) is 58.5 Å². The minimum absolute atomic E-state index is 0.169. The van der Waals surface area contributed by atoms with Crippen molar-refractivity contribution in [2.75, 3.05) is 0 Å². The summed E-state index contributed by atoms with van der Waals surface area (Å²) in [5, 5.41) is 8.93. The van der Waals surface area contributed by atoms with Gasteiger partial charge in [0.1, 0.15) is 11.2 Å². The summed E-state index contributed by atoms with van der Waals surface area (Å²) in [6.07, 6.45) is 1.62. The highest BCUT2D eigenvalue weighted by Crippen LogP contribution is 2.17. The van der Waals surface area contributed by atoms with Gasteiger partial charge in [-0.25, -0.2) is 14.8 Å². The van der Waals surface area contributed by atoms with Gasteiger partial charge in [0.15, 0.2) is 5.65 Å². The van der Waals surface area contributed by atoms with Gasteiger partial charge in [0.25, 0.3) is 5.56 Å². The maximum atomic E-state index is 12.6. The lowest BCUT2D eigenvalue weighted by Crippen LogP contribution is -2.23. The molecule has 6 heteroatoms. The SMILES string of the molecule is CCn1c(=O)c(-c2ccc(C(=O)O)cc2)nc2cccnc21. The van der Waals surface area contributed by atoms with Crippen LogP contribution in [0.3, 0.4) is 0 Å². The third-order valence-electron chi connectivity index (χ3n) is 3.42. The number of pyridine rings is 1. The summed E-state index contributed by atoms with van der Waals surface area (Å²) in [5.74, 6) is -1.01. The van der Waals surface area contributed by atoms with Gasteiger partial charge in [0.05, 0.1) is 5.56 Å². The molecule has 0 amide bonds. The van der Waals surface area contributed by atoms with Crippen LogP contribution in [-0.4, -0.2) is 25.6 Å². The second kappa shape index (κ2) is 5.40. The van der Waals surface area contributed by atoms with E-state index >= 15 is 0 Å². The van der Waals surface area contributed by atoms with E-state index in [0.29, 0.717) is 29.0 Å². The number of hydrogen-bond donors (Lipinski definition) is 1. The number of hydrogen-bond acceptors (Lipinski definition) is 4. The summed E-state index contributed by atoms with van der Waals surface area (Å²) in [6.45, 7) is 2.35. The molecule has 2 aromatic heterocycles. The summed E-state index contributed by atoms with van der Waals surface area (Å²) < 4.78 is 1.56. The topological polar surface area (TPSA) is 85.1 Å². The van der Waals surface area contributed by atoms with Crippen molar-refractivity contribution in [3.63, 3.8) is 0 Å². The Morgan fingerprint density at radius 1 is 1.23 bits per heavy atom. The number of fused-ring (bicyclic) bond motifs is 1. The zero-order valence-corrected chi connectivity index (χ0v) is 11.9. The van der Waals surface area contributed by atoms with E-state index in [4.69, 9.17) is 5.11 Å². The first-order valence-electron chi connectivity index (χ1n) is 6.81. The maximum Gasteiger partial charge on any atom is 0.335 e. The van der Waals surface area contributed by atoms with E-state index in [0.717, 1.165) is 0 Å². The molecule has 3 aromatic rings. The Morgan fingerprint density at radius 3 is 2.59 bits per heavy atom. The summed E-state index contributed by atoms with van der Waals surface area (Å²) in [7, 11) is 0. The number of aromatic carboxylic acids is 1. The number of aromatic nitrogens is 3. The van der Waals surface area contributed by atoms with Gasteiger partial charge in [-0.2, -0.15) is 0 Å². The Morgan fingerprint density at radius 2 is 1.95 bits per heavy atom. The van der Waals surface area contributed by atoms with E-state index in [1.165, 1.54) is 12.1 Å². The normalized spacial score (nSPS) is 10.8. The lowest BCUT2D eigenvalue weighted by Gasteiger charge is -2.09.